The number of aromatic nitrogens is 7. The van der Waals surface area contributed by atoms with Gasteiger partial charge in [0.05, 0.1) is 17.9 Å². The third kappa shape index (κ3) is 4.90. The van der Waals surface area contributed by atoms with Gasteiger partial charge < -0.3 is 0 Å². The quantitative estimate of drug-likeness (QED) is 0.341. The van der Waals surface area contributed by atoms with Crippen molar-refractivity contribution in [3.63, 3.8) is 0 Å². The van der Waals surface area contributed by atoms with Crippen molar-refractivity contribution in [1.29, 1.82) is 0 Å². The minimum atomic E-state index is -0.0679. The van der Waals surface area contributed by atoms with Gasteiger partial charge in [-0.05, 0) is 36.1 Å². The molecule has 8 nitrogen and oxygen atoms in total. The largest absolute Gasteiger partial charge is 0.329 e. The van der Waals surface area contributed by atoms with Crippen molar-refractivity contribution < 1.29 is 0 Å². The highest BCUT2D eigenvalue weighted by Crippen LogP contribution is 2.29. The fourth-order valence-corrected chi connectivity index (χ4v) is 4.37. The van der Waals surface area contributed by atoms with Crippen LogP contribution in [0, 0.1) is 0 Å². The Morgan fingerprint density at radius 3 is 2.48 bits per heavy atom. The van der Waals surface area contributed by atoms with Gasteiger partial charge in [-0.1, -0.05) is 68.6 Å². The molecule has 33 heavy (non-hydrogen) atoms. The lowest BCUT2D eigenvalue weighted by molar-refractivity contribution is 0.611. The summed E-state index contributed by atoms with van der Waals surface area (Å²) in [5.74, 6) is 0.532. The predicted molar refractivity (Wildman–Crippen MR) is 129 cm³/mol. The van der Waals surface area contributed by atoms with Crippen LogP contribution in [-0.2, 0) is 19.5 Å². The molecule has 9 heteroatoms. The molecule has 4 rings (SSSR count). The molecule has 1 aromatic carbocycles. The van der Waals surface area contributed by atoms with Crippen molar-refractivity contribution in [3.8, 4) is 22.5 Å². The van der Waals surface area contributed by atoms with Crippen molar-refractivity contribution in [3.05, 3.63) is 69.6 Å². The number of unbranched alkanes of at least 4 members (excludes halogenated alkanes) is 2. The summed E-state index contributed by atoms with van der Waals surface area (Å²) in [6, 6.07) is 11.8. The average Bonchev–Trinajstić information content (AvgIpc) is 3.45. The predicted octanol–water partition coefficient (Wildman–Crippen LogP) is 4.74. The number of rotatable bonds is 10. The Morgan fingerprint density at radius 1 is 1.00 bits per heavy atom. The van der Waals surface area contributed by atoms with E-state index in [0.29, 0.717) is 24.1 Å². The molecule has 1 N–H and O–H groups in total. The molecule has 0 unspecified atom stereocenters. The standard InChI is InChI=1S/C24H28ClN7O/c1-3-5-6-11-21-22(25)31(14-4-2)24(33)32(21)16-18-13-12-17(15-26-18)19-9-7-8-10-20(19)23-27-29-30-28-23/h7-10,12-13,15H,3-6,11,14,16H2,1-2H3,(H,27,28,29,30). The summed E-state index contributed by atoms with van der Waals surface area (Å²) in [5, 5.41) is 14.9. The maximum absolute atomic E-state index is 13.1. The SMILES string of the molecule is CCCCCc1c(Cl)n(CCC)c(=O)n1Cc1ccc(-c2ccccc2-c2nn[nH]n2)cn1. The number of imidazole rings is 1. The molecule has 0 aliphatic heterocycles. The molecule has 0 amide bonds. The first kappa shape index (κ1) is 22.9. The zero-order valence-electron chi connectivity index (χ0n) is 19.0. The van der Waals surface area contributed by atoms with Crippen molar-refractivity contribution in [1.82, 2.24) is 34.7 Å². The van der Waals surface area contributed by atoms with E-state index in [-0.39, 0.29) is 5.69 Å². The van der Waals surface area contributed by atoms with Gasteiger partial charge in [0.2, 0.25) is 5.82 Å². The molecule has 0 spiro atoms. The third-order valence-corrected chi connectivity index (χ3v) is 6.12. The van der Waals surface area contributed by atoms with Gasteiger partial charge in [-0.15, -0.1) is 10.2 Å². The van der Waals surface area contributed by atoms with Gasteiger partial charge >= 0.3 is 5.69 Å². The Balaban J connectivity index is 1.63. The Bertz CT molecular complexity index is 1240. The monoisotopic (exact) mass is 465 g/mol. The molecule has 0 aliphatic carbocycles. The van der Waals surface area contributed by atoms with Crippen LogP contribution in [0.3, 0.4) is 0 Å². The second kappa shape index (κ2) is 10.6. The van der Waals surface area contributed by atoms with Crippen molar-refractivity contribution in [2.24, 2.45) is 0 Å². The highest BCUT2D eigenvalue weighted by molar-refractivity contribution is 6.30. The van der Waals surface area contributed by atoms with Crippen LogP contribution in [0.4, 0.5) is 0 Å². The normalized spacial score (nSPS) is 11.2. The van der Waals surface area contributed by atoms with Crippen LogP contribution < -0.4 is 5.69 Å². The first-order valence-corrected chi connectivity index (χ1v) is 11.8. The van der Waals surface area contributed by atoms with Gasteiger partial charge in [-0.3, -0.25) is 14.1 Å². The van der Waals surface area contributed by atoms with Crippen molar-refractivity contribution in [2.45, 2.75) is 59.0 Å². The molecule has 0 saturated carbocycles. The second-order valence-corrected chi connectivity index (χ2v) is 8.39. The fourth-order valence-electron chi connectivity index (χ4n) is 4.02. The zero-order chi connectivity index (χ0) is 23.2. The van der Waals surface area contributed by atoms with E-state index in [2.05, 4.69) is 32.5 Å². The Morgan fingerprint density at radius 2 is 1.82 bits per heavy atom. The van der Waals surface area contributed by atoms with Crippen molar-refractivity contribution in [2.75, 3.05) is 0 Å². The summed E-state index contributed by atoms with van der Waals surface area (Å²) in [4.78, 5) is 17.8. The highest BCUT2D eigenvalue weighted by Gasteiger charge is 2.18. The van der Waals surface area contributed by atoms with Gasteiger partial charge in [-0.25, -0.2) is 4.79 Å². The topological polar surface area (TPSA) is 94.3 Å². The fraction of sp³-hybridized carbons (Fsp3) is 0.375. The van der Waals surface area contributed by atoms with Crippen LogP contribution in [0.5, 0.6) is 0 Å². The van der Waals surface area contributed by atoms with Gasteiger partial charge in [-0.2, -0.15) is 5.21 Å². The van der Waals surface area contributed by atoms with E-state index in [9.17, 15) is 4.79 Å². The molecule has 172 valence electrons. The minimum Gasteiger partial charge on any atom is -0.289 e. The number of hydrogen-bond donors (Lipinski definition) is 1. The molecule has 3 aromatic heterocycles. The first-order chi connectivity index (χ1) is 16.1. The number of hydrogen-bond acceptors (Lipinski definition) is 5. The molecule has 0 fully saturated rings. The number of tetrazole rings is 1. The van der Waals surface area contributed by atoms with Crippen LogP contribution in [0.2, 0.25) is 5.15 Å². The van der Waals surface area contributed by atoms with Crippen LogP contribution in [0.1, 0.15) is 50.9 Å². The highest BCUT2D eigenvalue weighted by atomic mass is 35.5. The lowest BCUT2D eigenvalue weighted by Gasteiger charge is -2.09. The van der Waals surface area contributed by atoms with E-state index < -0.39 is 0 Å². The van der Waals surface area contributed by atoms with Gasteiger partial charge in [0, 0.05) is 23.9 Å². The molecule has 0 atom stereocenters. The van der Waals surface area contributed by atoms with Gasteiger partial charge in [0.25, 0.3) is 0 Å². The van der Waals surface area contributed by atoms with E-state index in [1.54, 1.807) is 9.13 Å². The number of nitrogens with one attached hydrogen (secondary N) is 1. The van der Waals surface area contributed by atoms with E-state index in [1.165, 1.54) is 0 Å². The van der Waals surface area contributed by atoms with E-state index >= 15 is 0 Å². The van der Waals surface area contributed by atoms with Crippen LogP contribution >= 0.6 is 11.6 Å². The molecular formula is C24H28ClN7O. The van der Waals surface area contributed by atoms with E-state index in [4.69, 9.17) is 11.6 Å². The summed E-state index contributed by atoms with van der Waals surface area (Å²) < 4.78 is 3.46. The van der Waals surface area contributed by atoms with Gasteiger partial charge in [0.1, 0.15) is 5.15 Å². The number of H-pyrrole nitrogens is 1. The van der Waals surface area contributed by atoms with Crippen LogP contribution in [0.25, 0.3) is 22.5 Å². The number of benzene rings is 1. The van der Waals surface area contributed by atoms with E-state index in [0.717, 1.165) is 60.2 Å². The Labute approximate surface area is 197 Å². The van der Waals surface area contributed by atoms with E-state index in [1.807, 2.05) is 49.5 Å². The number of nitrogens with zero attached hydrogens (tertiary/aromatic N) is 6. The number of halogens is 1. The van der Waals surface area contributed by atoms with Crippen LogP contribution in [0.15, 0.2) is 47.4 Å². The summed E-state index contributed by atoms with van der Waals surface area (Å²) in [6.07, 6.45) is 6.69. The molecule has 0 radical (unpaired) electrons. The summed E-state index contributed by atoms with van der Waals surface area (Å²) >= 11 is 6.63. The van der Waals surface area contributed by atoms with Crippen LogP contribution in [-0.4, -0.2) is 34.7 Å². The number of aromatic amines is 1. The maximum atomic E-state index is 13.1. The molecular weight excluding hydrogens is 438 g/mol. The average molecular weight is 466 g/mol. The Kier molecular flexibility index (Phi) is 7.34. The zero-order valence-corrected chi connectivity index (χ0v) is 19.7. The molecule has 0 aliphatic rings. The lowest BCUT2D eigenvalue weighted by atomic mass is 10.0. The molecule has 0 bridgehead atoms. The number of pyridine rings is 1. The van der Waals surface area contributed by atoms with Gasteiger partial charge in [0.15, 0.2) is 0 Å². The minimum absolute atomic E-state index is 0.0679. The Hall–Kier alpha value is -3.26. The first-order valence-electron chi connectivity index (χ1n) is 11.4. The summed E-state index contributed by atoms with van der Waals surface area (Å²) in [7, 11) is 0. The lowest BCUT2D eigenvalue weighted by Crippen LogP contribution is -2.26. The smallest absolute Gasteiger partial charge is 0.289 e. The van der Waals surface area contributed by atoms with Crippen molar-refractivity contribution >= 4 is 11.6 Å². The maximum Gasteiger partial charge on any atom is 0.329 e. The summed E-state index contributed by atoms with van der Waals surface area (Å²) in [6.45, 7) is 5.22. The molecule has 0 saturated heterocycles. The third-order valence-electron chi connectivity index (χ3n) is 5.70. The summed E-state index contributed by atoms with van der Waals surface area (Å²) in [5.41, 5.74) is 4.42. The molecule has 3 heterocycles. The second-order valence-electron chi connectivity index (χ2n) is 8.03. The molecule has 4 aromatic rings.